The van der Waals surface area contributed by atoms with E-state index >= 15 is 0 Å². The number of nitrogen functional groups attached to an aromatic ring is 1. The maximum absolute atomic E-state index is 12.8. The predicted octanol–water partition coefficient (Wildman–Crippen LogP) is 1.69. The fourth-order valence-electron chi connectivity index (χ4n) is 0.731. The zero-order valence-electron chi connectivity index (χ0n) is 6.76. The average molecular weight is 167 g/mol. The van der Waals surface area contributed by atoms with Gasteiger partial charge in [0, 0.05) is 18.1 Å². The zero-order valence-corrected chi connectivity index (χ0v) is 6.76. The summed E-state index contributed by atoms with van der Waals surface area (Å²) in [6.45, 7) is 5.26. The van der Waals surface area contributed by atoms with Crippen LogP contribution in [0.2, 0.25) is 0 Å². The fraction of sp³-hybridized carbons (Fsp3) is 0.125. The standard InChI is InChI=1S/C8H10FN3/c1-5(2)11-3-6-7(9)4-12-8(6)10/h3-4,12H,1,10H2,2H3. The van der Waals surface area contributed by atoms with Gasteiger partial charge in [-0.3, -0.25) is 4.99 Å². The van der Waals surface area contributed by atoms with Gasteiger partial charge in [0.2, 0.25) is 0 Å². The van der Waals surface area contributed by atoms with Gasteiger partial charge in [-0.05, 0) is 6.92 Å². The van der Waals surface area contributed by atoms with Crippen molar-refractivity contribution in [2.24, 2.45) is 4.99 Å². The van der Waals surface area contributed by atoms with Crippen LogP contribution in [0.25, 0.3) is 0 Å². The molecule has 0 fully saturated rings. The number of anilines is 1. The lowest BCUT2D eigenvalue weighted by Crippen LogP contribution is -1.91. The van der Waals surface area contributed by atoms with E-state index in [1.165, 1.54) is 12.4 Å². The Labute approximate surface area is 69.8 Å². The van der Waals surface area contributed by atoms with Gasteiger partial charge in [-0.2, -0.15) is 0 Å². The van der Waals surface area contributed by atoms with E-state index in [9.17, 15) is 4.39 Å². The van der Waals surface area contributed by atoms with Gasteiger partial charge in [0.25, 0.3) is 0 Å². The van der Waals surface area contributed by atoms with Crippen molar-refractivity contribution >= 4 is 12.0 Å². The summed E-state index contributed by atoms with van der Waals surface area (Å²) >= 11 is 0. The Morgan fingerprint density at radius 3 is 2.92 bits per heavy atom. The van der Waals surface area contributed by atoms with Crippen LogP contribution in [-0.2, 0) is 0 Å². The van der Waals surface area contributed by atoms with Crippen molar-refractivity contribution in [1.82, 2.24) is 4.98 Å². The highest BCUT2D eigenvalue weighted by atomic mass is 19.1. The molecular formula is C8H10FN3. The van der Waals surface area contributed by atoms with Crippen LogP contribution in [0.5, 0.6) is 0 Å². The van der Waals surface area contributed by atoms with Crippen LogP contribution in [0.1, 0.15) is 12.5 Å². The molecule has 1 rings (SSSR count). The summed E-state index contributed by atoms with van der Waals surface area (Å²) in [4.78, 5) is 6.37. The first kappa shape index (κ1) is 8.52. The molecule has 1 aromatic rings. The summed E-state index contributed by atoms with van der Waals surface area (Å²) in [7, 11) is 0. The number of aromatic nitrogens is 1. The molecule has 0 saturated carbocycles. The molecule has 64 valence electrons. The van der Waals surface area contributed by atoms with Crippen LogP contribution in [0, 0.1) is 5.82 Å². The largest absolute Gasteiger partial charge is 0.385 e. The summed E-state index contributed by atoms with van der Waals surface area (Å²) < 4.78 is 12.8. The number of hydrogen-bond donors (Lipinski definition) is 2. The number of aliphatic imine (C=N–C) groups is 1. The molecule has 1 aromatic heterocycles. The Hall–Kier alpha value is -1.58. The van der Waals surface area contributed by atoms with E-state index in [0.29, 0.717) is 5.70 Å². The van der Waals surface area contributed by atoms with Crippen molar-refractivity contribution in [2.75, 3.05) is 5.73 Å². The number of H-pyrrole nitrogens is 1. The molecule has 0 bridgehead atoms. The van der Waals surface area contributed by atoms with Gasteiger partial charge in [0.05, 0.1) is 5.56 Å². The third kappa shape index (κ3) is 1.72. The first-order valence-corrected chi connectivity index (χ1v) is 3.43. The van der Waals surface area contributed by atoms with Gasteiger partial charge in [-0.25, -0.2) is 4.39 Å². The zero-order chi connectivity index (χ0) is 9.14. The Morgan fingerprint density at radius 2 is 2.50 bits per heavy atom. The molecule has 3 N–H and O–H groups in total. The maximum atomic E-state index is 12.8. The number of rotatable bonds is 2. The minimum absolute atomic E-state index is 0.275. The van der Waals surface area contributed by atoms with E-state index in [1.54, 1.807) is 6.92 Å². The van der Waals surface area contributed by atoms with Gasteiger partial charge in [0.15, 0.2) is 5.82 Å². The van der Waals surface area contributed by atoms with Crippen LogP contribution < -0.4 is 5.73 Å². The highest BCUT2D eigenvalue weighted by molar-refractivity contribution is 5.86. The van der Waals surface area contributed by atoms with Crippen LogP contribution in [0.4, 0.5) is 10.2 Å². The van der Waals surface area contributed by atoms with Crippen LogP contribution in [0.3, 0.4) is 0 Å². The number of aromatic amines is 1. The Bertz CT molecular complexity index is 306. The molecule has 0 saturated heterocycles. The van der Waals surface area contributed by atoms with Crippen molar-refractivity contribution in [1.29, 1.82) is 0 Å². The minimum atomic E-state index is -0.405. The predicted molar refractivity (Wildman–Crippen MR) is 47.6 cm³/mol. The number of halogens is 1. The van der Waals surface area contributed by atoms with Crippen LogP contribution in [-0.4, -0.2) is 11.2 Å². The molecule has 0 amide bonds. The lowest BCUT2D eigenvalue weighted by atomic mass is 10.3. The van der Waals surface area contributed by atoms with Crippen molar-refractivity contribution in [3.63, 3.8) is 0 Å². The lowest BCUT2D eigenvalue weighted by molar-refractivity contribution is 0.628. The van der Waals surface area contributed by atoms with E-state index < -0.39 is 5.82 Å². The second kappa shape index (κ2) is 3.21. The molecule has 0 radical (unpaired) electrons. The van der Waals surface area contributed by atoms with Gasteiger partial charge >= 0.3 is 0 Å². The molecule has 0 atom stereocenters. The van der Waals surface area contributed by atoms with Gasteiger partial charge in [0.1, 0.15) is 5.82 Å². The number of allylic oxidation sites excluding steroid dienone is 1. The van der Waals surface area contributed by atoms with Crippen molar-refractivity contribution in [3.8, 4) is 0 Å². The second-order valence-corrected chi connectivity index (χ2v) is 2.46. The lowest BCUT2D eigenvalue weighted by Gasteiger charge is -1.90. The molecule has 0 unspecified atom stereocenters. The molecular weight excluding hydrogens is 157 g/mol. The number of nitrogens with zero attached hydrogens (tertiary/aromatic N) is 1. The highest BCUT2D eigenvalue weighted by Crippen LogP contribution is 2.11. The third-order valence-corrected chi connectivity index (χ3v) is 1.32. The van der Waals surface area contributed by atoms with Crippen molar-refractivity contribution in [3.05, 3.63) is 29.9 Å². The van der Waals surface area contributed by atoms with Gasteiger partial charge in [-0.1, -0.05) is 6.58 Å². The smallest absolute Gasteiger partial charge is 0.151 e. The monoisotopic (exact) mass is 167 g/mol. The van der Waals surface area contributed by atoms with E-state index in [1.807, 2.05) is 0 Å². The molecule has 3 nitrogen and oxygen atoms in total. The van der Waals surface area contributed by atoms with E-state index in [-0.39, 0.29) is 11.4 Å². The molecule has 12 heavy (non-hydrogen) atoms. The average Bonchev–Trinajstić information content (AvgIpc) is 2.28. The highest BCUT2D eigenvalue weighted by Gasteiger charge is 2.04. The summed E-state index contributed by atoms with van der Waals surface area (Å²) in [5.41, 5.74) is 6.29. The van der Waals surface area contributed by atoms with Crippen LogP contribution in [0.15, 0.2) is 23.5 Å². The Kier molecular flexibility index (Phi) is 2.28. The summed E-state index contributed by atoms with van der Waals surface area (Å²) in [5.74, 6) is -0.130. The van der Waals surface area contributed by atoms with Crippen molar-refractivity contribution < 1.29 is 4.39 Å². The van der Waals surface area contributed by atoms with E-state index in [2.05, 4.69) is 16.6 Å². The van der Waals surface area contributed by atoms with Crippen molar-refractivity contribution in [2.45, 2.75) is 6.92 Å². The first-order chi connectivity index (χ1) is 5.61. The summed E-state index contributed by atoms with van der Waals surface area (Å²) in [6.07, 6.45) is 2.54. The van der Waals surface area contributed by atoms with Crippen LogP contribution >= 0.6 is 0 Å². The normalized spacial score (nSPS) is 10.8. The van der Waals surface area contributed by atoms with Gasteiger partial charge in [-0.15, -0.1) is 0 Å². The molecule has 0 aliphatic rings. The maximum Gasteiger partial charge on any atom is 0.151 e. The SMILES string of the molecule is C=C(C)N=Cc1c(F)c[nH]c1N. The Morgan fingerprint density at radius 1 is 1.83 bits per heavy atom. The molecule has 0 aliphatic heterocycles. The van der Waals surface area contributed by atoms with Gasteiger partial charge < -0.3 is 10.7 Å². The Balaban J connectivity index is 2.95. The van der Waals surface area contributed by atoms with E-state index in [0.717, 1.165) is 0 Å². The molecule has 0 aliphatic carbocycles. The number of nitrogens with one attached hydrogen (secondary N) is 1. The third-order valence-electron chi connectivity index (χ3n) is 1.32. The molecule has 0 spiro atoms. The summed E-state index contributed by atoms with van der Waals surface area (Å²) in [5, 5.41) is 0. The topological polar surface area (TPSA) is 54.2 Å². The summed E-state index contributed by atoms with van der Waals surface area (Å²) in [6, 6.07) is 0. The number of nitrogens with two attached hydrogens (primary N) is 1. The minimum Gasteiger partial charge on any atom is -0.385 e. The van der Waals surface area contributed by atoms with E-state index in [4.69, 9.17) is 5.73 Å². The fourth-order valence-corrected chi connectivity index (χ4v) is 0.731. The molecule has 4 heteroatoms. The first-order valence-electron chi connectivity index (χ1n) is 3.43. The molecule has 0 aromatic carbocycles. The quantitative estimate of drug-likeness (QED) is 0.647. The molecule has 1 heterocycles. The second-order valence-electron chi connectivity index (χ2n) is 2.46. The number of hydrogen-bond acceptors (Lipinski definition) is 2.